The van der Waals surface area contributed by atoms with Crippen LogP contribution >= 0.6 is 0 Å². The molecule has 0 bridgehead atoms. The van der Waals surface area contributed by atoms with Gasteiger partial charge in [0, 0.05) is 6.07 Å². The van der Waals surface area contributed by atoms with Gasteiger partial charge in [-0.05, 0) is 12.1 Å². The van der Waals surface area contributed by atoms with Crippen molar-refractivity contribution in [3.63, 3.8) is 0 Å². The Balaban J connectivity index is 3.18. The molecule has 19 heavy (non-hydrogen) atoms. The van der Waals surface area contributed by atoms with Crippen molar-refractivity contribution in [1.29, 1.82) is 0 Å². The normalized spacial score (nSPS) is 12.8. The minimum Gasteiger partial charge on any atom is -0.312 e. The Morgan fingerprint density at radius 1 is 1.42 bits per heavy atom. The highest BCUT2D eigenvalue weighted by Crippen LogP contribution is 2.28. The van der Waals surface area contributed by atoms with Crippen LogP contribution in [0.3, 0.4) is 0 Å². The monoisotopic (exact) mass is 298 g/mol. The van der Waals surface area contributed by atoms with Crippen LogP contribution < -0.4 is 5.32 Å². The van der Waals surface area contributed by atoms with E-state index in [-0.39, 0.29) is 4.90 Å². The summed E-state index contributed by atoms with van der Waals surface area (Å²) in [4.78, 5) is 19.8. The smallest absolute Gasteiger partial charge is 0.312 e. The largest absolute Gasteiger partial charge is 0.471 e. The topological polar surface area (TPSA) is 110 Å². The Morgan fingerprint density at radius 3 is 2.42 bits per heavy atom. The third-order valence-corrected chi connectivity index (χ3v) is 2.53. The SMILES string of the molecule is O=C(Nc1ccc(S(=O)O)cc1[N+](=O)[O-])C(F)(F)F. The minimum absolute atomic E-state index is 0.378. The molecule has 1 atom stereocenters. The van der Waals surface area contributed by atoms with E-state index in [2.05, 4.69) is 0 Å². The number of carbonyl (C=O) groups is 1. The summed E-state index contributed by atoms with van der Waals surface area (Å²) in [5.74, 6) is -2.38. The van der Waals surface area contributed by atoms with Crippen LogP contribution in [0.15, 0.2) is 23.1 Å². The maximum absolute atomic E-state index is 12.0. The van der Waals surface area contributed by atoms with Crippen LogP contribution in [0, 0.1) is 10.1 Å². The van der Waals surface area contributed by atoms with E-state index in [0.29, 0.717) is 6.07 Å². The maximum atomic E-state index is 12.0. The number of nitrogens with one attached hydrogen (secondary N) is 1. The Kier molecular flexibility index (Phi) is 4.21. The average Bonchev–Trinajstić information content (AvgIpc) is 2.27. The lowest BCUT2D eigenvalue weighted by Crippen LogP contribution is -2.30. The summed E-state index contributed by atoms with van der Waals surface area (Å²) in [6, 6.07) is 2.22. The van der Waals surface area contributed by atoms with Gasteiger partial charge in [-0.2, -0.15) is 13.2 Å². The second-order valence-electron chi connectivity index (χ2n) is 3.14. The van der Waals surface area contributed by atoms with Gasteiger partial charge in [-0.3, -0.25) is 14.9 Å². The fraction of sp³-hybridized carbons (Fsp3) is 0.125. The molecule has 1 amide bonds. The second-order valence-corrected chi connectivity index (χ2v) is 4.11. The van der Waals surface area contributed by atoms with Crippen molar-refractivity contribution in [2.24, 2.45) is 0 Å². The van der Waals surface area contributed by atoms with Crippen LogP contribution in [0.4, 0.5) is 24.5 Å². The average molecular weight is 298 g/mol. The van der Waals surface area contributed by atoms with Gasteiger partial charge in [0.25, 0.3) is 5.69 Å². The molecule has 0 heterocycles. The van der Waals surface area contributed by atoms with E-state index in [9.17, 15) is 32.3 Å². The van der Waals surface area contributed by atoms with Crippen LogP contribution in [-0.2, 0) is 15.9 Å². The number of hydrogen-bond donors (Lipinski definition) is 2. The molecule has 1 unspecified atom stereocenters. The molecule has 2 N–H and O–H groups in total. The Morgan fingerprint density at radius 2 is 2.00 bits per heavy atom. The minimum atomic E-state index is -5.20. The highest BCUT2D eigenvalue weighted by Gasteiger charge is 2.39. The van der Waals surface area contributed by atoms with E-state index >= 15 is 0 Å². The van der Waals surface area contributed by atoms with Gasteiger partial charge < -0.3 is 9.87 Å². The molecule has 0 fully saturated rings. The molecular weight excluding hydrogens is 293 g/mol. The fourth-order valence-electron chi connectivity index (χ4n) is 1.07. The molecule has 0 saturated heterocycles. The number of nitrogens with zero attached hydrogens (tertiary/aromatic N) is 1. The van der Waals surface area contributed by atoms with E-state index in [4.69, 9.17) is 4.55 Å². The third kappa shape index (κ3) is 3.72. The van der Waals surface area contributed by atoms with Crippen molar-refractivity contribution in [1.82, 2.24) is 0 Å². The standard InChI is InChI=1S/C8H5F3N2O5S/c9-8(10,11)7(14)12-5-2-1-4(19(17)18)3-6(5)13(15)16/h1-3H,(H,12,14)(H,17,18). The number of hydrogen-bond acceptors (Lipinski definition) is 4. The number of anilines is 1. The fourth-order valence-corrected chi connectivity index (χ4v) is 1.47. The molecule has 1 rings (SSSR count). The van der Waals surface area contributed by atoms with Crippen LogP contribution in [0.5, 0.6) is 0 Å². The summed E-state index contributed by atoms with van der Waals surface area (Å²) in [6.45, 7) is 0. The zero-order valence-electron chi connectivity index (χ0n) is 8.80. The molecule has 0 spiro atoms. The van der Waals surface area contributed by atoms with Gasteiger partial charge in [0.2, 0.25) is 0 Å². The van der Waals surface area contributed by atoms with Crippen molar-refractivity contribution >= 4 is 28.4 Å². The number of carbonyl (C=O) groups excluding carboxylic acids is 1. The number of halogens is 3. The number of amides is 1. The first kappa shape index (κ1) is 15.0. The van der Waals surface area contributed by atoms with Gasteiger partial charge in [-0.1, -0.05) is 0 Å². The summed E-state index contributed by atoms with van der Waals surface area (Å²) in [6.07, 6.45) is -5.20. The second kappa shape index (κ2) is 5.32. The van der Waals surface area contributed by atoms with Crippen molar-refractivity contribution in [3.05, 3.63) is 28.3 Å². The quantitative estimate of drug-likeness (QED) is 0.501. The molecule has 0 aliphatic rings. The first-order valence-electron chi connectivity index (χ1n) is 4.40. The summed E-state index contributed by atoms with van der Waals surface area (Å²) in [5.41, 5.74) is -1.64. The number of rotatable bonds is 3. The molecule has 7 nitrogen and oxygen atoms in total. The van der Waals surface area contributed by atoms with Crippen LogP contribution in [0.2, 0.25) is 0 Å². The predicted octanol–water partition coefficient (Wildman–Crippen LogP) is 1.68. The molecule has 11 heteroatoms. The molecule has 0 saturated carbocycles. The van der Waals surface area contributed by atoms with Crippen LogP contribution in [-0.4, -0.2) is 25.8 Å². The Bertz CT molecular complexity index is 560. The lowest BCUT2D eigenvalue weighted by molar-refractivity contribution is -0.384. The molecule has 1 aromatic rings. The number of benzene rings is 1. The number of nitro benzene ring substituents is 1. The number of alkyl halides is 3. The first-order valence-corrected chi connectivity index (χ1v) is 5.51. The van der Waals surface area contributed by atoms with Crippen LogP contribution in [0.1, 0.15) is 0 Å². The van der Waals surface area contributed by atoms with E-state index in [1.54, 1.807) is 0 Å². The van der Waals surface area contributed by atoms with Gasteiger partial charge in [0.15, 0.2) is 11.1 Å². The maximum Gasteiger partial charge on any atom is 0.471 e. The lowest BCUT2D eigenvalue weighted by atomic mass is 10.2. The molecule has 1 aromatic carbocycles. The Labute approximate surface area is 105 Å². The summed E-state index contributed by atoms with van der Waals surface area (Å²) >= 11 is -2.53. The van der Waals surface area contributed by atoms with E-state index in [0.717, 1.165) is 12.1 Å². The summed E-state index contributed by atoms with van der Waals surface area (Å²) in [5, 5.41) is 11.9. The third-order valence-electron chi connectivity index (χ3n) is 1.87. The molecule has 104 valence electrons. The molecule has 0 aromatic heterocycles. The van der Waals surface area contributed by atoms with E-state index in [1.807, 2.05) is 0 Å². The zero-order valence-corrected chi connectivity index (χ0v) is 9.62. The van der Waals surface area contributed by atoms with Crippen LogP contribution in [0.25, 0.3) is 0 Å². The van der Waals surface area contributed by atoms with Gasteiger partial charge in [-0.25, -0.2) is 4.21 Å². The van der Waals surface area contributed by atoms with Crippen molar-refractivity contribution in [2.75, 3.05) is 5.32 Å². The first-order chi connectivity index (χ1) is 8.62. The highest BCUT2D eigenvalue weighted by molar-refractivity contribution is 7.79. The summed E-state index contributed by atoms with van der Waals surface area (Å²) in [7, 11) is 0. The van der Waals surface area contributed by atoms with Crippen molar-refractivity contribution in [3.8, 4) is 0 Å². The van der Waals surface area contributed by atoms with E-state index < -0.39 is 39.5 Å². The molecule has 0 radical (unpaired) electrons. The zero-order chi connectivity index (χ0) is 14.8. The van der Waals surface area contributed by atoms with Gasteiger partial charge in [-0.15, -0.1) is 0 Å². The van der Waals surface area contributed by atoms with Crippen molar-refractivity contribution in [2.45, 2.75) is 11.1 Å². The molecule has 0 aliphatic heterocycles. The van der Waals surface area contributed by atoms with E-state index in [1.165, 1.54) is 5.32 Å². The van der Waals surface area contributed by atoms with Gasteiger partial charge >= 0.3 is 12.1 Å². The van der Waals surface area contributed by atoms with Gasteiger partial charge in [0.1, 0.15) is 5.69 Å². The predicted molar refractivity (Wildman–Crippen MR) is 56.8 cm³/mol. The number of nitro groups is 1. The molecule has 0 aliphatic carbocycles. The summed E-state index contributed by atoms with van der Waals surface area (Å²) < 4.78 is 55.4. The van der Waals surface area contributed by atoms with Gasteiger partial charge in [0.05, 0.1) is 9.82 Å². The highest BCUT2D eigenvalue weighted by atomic mass is 32.2. The van der Waals surface area contributed by atoms with Crippen molar-refractivity contribution < 1.29 is 31.7 Å². The lowest BCUT2D eigenvalue weighted by Gasteiger charge is -2.08. The Hall–Kier alpha value is -2.01. The molecular formula is C8H5F3N2O5S.